The number of rotatable bonds is 24. The van der Waals surface area contributed by atoms with Crippen molar-refractivity contribution in [3.05, 3.63) is 60.8 Å². The highest BCUT2D eigenvalue weighted by Gasteiger charge is 2.25. The Kier molecular flexibility index (Phi) is 22.7. The Morgan fingerprint density at radius 2 is 1.47 bits per heavy atom. The number of carbonyl (C=O) groups is 5. The molecule has 0 saturated heterocycles. The molecule has 43 heavy (non-hydrogen) atoms. The van der Waals surface area contributed by atoms with Gasteiger partial charge in [0.25, 0.3) is 0 Å². The van der Waals surface area contributed by atoms with Gasteiger partial charge in [-0.2, -0.15) is 0 Å². The van der Waals surface area contributed by atoms with Crippen molar-refractivity contribution in [1.82, 2.24) is 10.6 Å². The Labute approximate surface area is 256 Å². The van der Waals surface area contributed by atoms with Gasteiger partial charge in [-0.3, -0.25) is 24.0 Å². The fraction of sp³-hybridized carbons (Fsp3) is 0.500. The van der Waals surface area contributed by atoms with Gasteiger partial charge in [0, 0.05) is 23.8 Å². The van der Waals surface area contributed by atoms with Crippen LogP contribution in [0.5, 0.6) is 0 Å². The van der Waals surface area contributed by atoms with Crippen LogP contribution in [0.25, 0.3) is 0 Å². The maximum Gasteiger partial charge on any atom is 0.322 e. The summed E-state index contributed by atoms with van der Waals surface area (Å²) in [6.45, 7) is 1.40. The van der Waals surface area contributed by atoms with Crippen LogP contribution in [0, 0.1) is 0 Å². The van der Waals surface area contributed by atoms with Crippen LogP contribution < -0.4 is 16.4 Å². The zero-order valence-electron chi connectivity index (χ0n) is 24.5. The van der Waals surface area contributed by atoms with Gasteiger partial charge in [0.05, 0.1) is 6.10 Å². The molecule has 0 aromatic rings. The summed E-state index contributed by atoms with van der Waals surface area (Å²) in [5, 5.41) is 41.6. The van der Waals surface area contributed by atoms with Crippen molar-refractivity contribution in [3.8, 4) is 0 Å². The second-order valence-corrected chi connectivity index (χ2v) is 10.6. The lowest BCUT2D eigenvalue weighted by atomic mass is 10.1. The normalized spacial score (nSPS) is 14.9. The molecule has 8 N–H and O–H groups in total. The fourth-order valence-corrected chi connectivity index (χ4v) is 4.54. The summed E-state index contributed by atoms with van der Waals surface area (Å²) < 4.78 is 0. The molecule has 0 saturated carbocycles. The Balaban J connectivity index is 5.40. The number of allylic oxidation sites excluding steroid dienone is 9. The molecule has 0 aliphatic heterocycles. The minimum atomic E-state index is -1.28. The highest BCUT2D eigenvalue weighted by molar-refractivity contribution is 8.00. The number of thioether (sulfide) groups is 1. The number of aliphatic hydroxyl groups is 1. The first-order valence-corrected chi connectivity index (χ1v) is 15.1. The lowest BCUT2D eigenvalue weighted by Gasteiger charge is -2.23. The third-order valence-electron chi connectivity index (χ3n) is 5.68. The van der Waals surface area contributed by atoms with Gasteiger partial charge in [0.1, 0.15) is 18.6 Å². The number of carboxylic acid groups (broad SMARTS) is 3. The maximum absolute atomic E-state index is 12.6. The van der Waals surface area contributed by atoms with Crippen LogP contribution in [0.2, 0.25) is 0 Å². The summed E-state index contributed by atoms with van der Waals surface area (Å²) in [6, 6.07) is -2.45. The van der Waals surface area contributed by atoms with E-state index >= 15 is 0 Å². The van der Waals surface area contributed by atoms with E-state index in [0.717, 1.165) is 31.0 Å². The number of nitrogens with one attached hydrogen (secondary N) is 2. The van der Waals surface area contributed by atoms with Gasteiger partial charge in [-0.1, -0.05) is 67.7 Å². The lowest BCUT2D eigenvalue weighted by Crippen LogP contribution is -2.50. The van der Waals surface area contributed by atoms with E-state index in [-0.39, 0.29) is 37.9 Å². The van der Waals surface area contributed by atoms with E-state index in [1.54, 1.807) is 18.2 Å². The average molecular weight is 624 g/mol. The zero-order chi connectivity index (χ0) is 32.5. The van der Waals surface area contributed by atoms with Crippen LogP contribution in [0.1, 0.15) is 58.3 Å². The molecule has 0 fully saturated rings. The van der Waals surface area contributed by atoms with Crippen molar-refractivity contribution in [2.75, 3.05) is 12.3 Å². The number of carboxylic acids is 3. The van der Waals surface area contributed by atoms with Gasteiger partial charge in [-0.05, 0) is 38.5 Å². The fourth-order valence-electron chi connectivity index (χ4n) is 3.33. The third kappa shape index (κ3) is 22.6. The predicted molar refractivity (Wildman–Crippen MR) is 166 cm³/mol. The van der Waals surface area contributed by atoms with E-state index in [1.165, 1.54) is 0 Å². The predicted octanol–water partition coefficient (Wildman–Crippen LogP) is 2.55. The number of hydrogen-bond donors (Lipinski definition) is 7. The van der Waals surface area contributed by atoms with Crippen molar-refractivity contribution in [2.24, 2.45) is 5.73 Å². The van der Waals surface area contributed by atoms with Crippen LogP contribution in [0.3, 0.4) is 0 Å². The third-order valence-corrected chi connectivity index (χ3v) is 7.06. The van der Waals surface area contributed by atoms with Gasteiger partial charge < -0.3 is 36.8 Å². The maximum atomic E-state index is 12.6. The average Bonchev–Trinajstić information content (AvgIpc) is 2.95. The van der Waals surface area contributed by atoms with Crippen LogP contribution in [0.4, 0.5) is 0 Å². The molecule has 0 spiro atoms. The van der Waals surface area contributed by atoms with Crippen molar-refractivity contribution in [2.45, 2.75) is 81.7 Å². The number of nitrogens with two attached hydrogens (primary N) is 1. The van der Waals surface area contributed by atoms with Gasteiger partial charge in [0.2, 0.25) is 11.8 Å². The van der Waals surface area contributed by atoms with Gasteiger partial charge in [-0.25, -0.2) is 0 Å². The molecule has 0 radical (unpaired) electrons. The van der Waals surface area contributed by atoms with E-state index in [4.69, 9.17) is 21.1 Å². The summed E-state index contributed by atoms with van der Waals surface area (Å²) in [6.07, 6.45) is 20.7. The Morgan fingerprint density at radius 3 is 2.07 bits per heavy atom. The monoisotopic (exact) mass is 623 g/mol. The Hall–Kier alpha value is -3.68. The van der Waals surface area contributed by atoms with E-state index < -0.39 is 59.7 Å². The topological polar surface area (TPSA) is 216 Å². The first kappa shape index (κ1) is 39.3. The highest BCUT2D eigenvalue weighted by atomic mass is 32.2. The first-order chi connectivity index (χ1) is 20.5. The van der Waals surface area contributed by atoms with Crippen molar-refractivity contribution < 1.29 is 44.4 Å². The molecular weight excluding hydrogens is 578 g/mol. The number of aliphatic carboxylic acids is 3. The Bertz CT molecular complexity index is 1020. The number of carbonyl (C=O) groups excluding carboxylic acids is 2. The van der Waals surface area contributed by atoms with E-state index in [1.807, 2.05) is 30.4 Å². The van der Waals surface area contributed by atoms with Crippen LogP contribution in [0.15, 0.2) is 60.8 Å². The molecule has 0 aliphatic carbocycles. The summed E-state index contributed by atoms with van der Waals surface area (Å²) >= 11 is 1.12. The van der Waals surface area contributed by atoms with Crippen LogP contribution >= 0.6 is 11.8 Å². The quantitative estimate of drug-likeness (QED) is 0.0612. The zero-order valence-corrected chi connectivity index (χ0v) is 25.3. The van der Waals surface area contributed by atoms with Gasteiger partial charge >= 0.3 is 17.9 Å². The highest BCUT2D eigenvalue weighted by Crippen LogP contribution is 2.22. The molecule has 4 atom stereocenters. The minimum absolute atomic E-state index is 0.0578. The molecule has 0 aromatic heterocycles. The molecule has 0 aromatic carbocycles. The molecule has 0 rings (SSSR count). The first-order valence-electron chi connectivity index (χ1n) is 14.1. The smallest absolute Gasteiger partial charge is 0.322 e. The second kappa shape index (κ2) is 24.9. The SMILES string of the molecule is CC/C=C/C=C/CC/C=C/C=C/C=C/C(SCC(NC(=O)CCC(N)C(=O)O)C(=O)NCC(=O)O)C(O)CCCC(=O)O. The summed E-state index contributed by atoms with van der Waals surface area (Å²) in [5.41, 5.74) is 5.43. The Morgan fingerprint density at radius 1 is 0.837 bits per heavy atom. The number of unbranched alkanes of at least 4 members (excludes halogenated alkanes) is 1. The lowest BCUT2D eigenvalue weighted by molar-refractivity contribution is -0.139. The molecule has 0 bridgehead atoms. The minimum Gasteiger partial charge on any atom is -0.481 e. The van der Waals surface area contributed by atoms with Crippen molar-refractivity contribution in [1.29, 1.82) is 0 Å². The largest absolute Gasteiger partial charge is 0.481 e. The standard InChI is InChI=1S/C30H45N3O9S/c1-2-3-4-5-6-7-8-9-10-11-12-13-16-25(24(34)15-14-17-27(36)37)43-21-23(29(40)32-20-28(38)39)33-26(35)19-18-22(31)30(41)42/h3-6,9-13,16,22-25,34H,2,7-8,14-15,17-21,31H2,1H3,(H,32,40)(H,33,35)(H,36,37)(H,38,39)(H,41,42)/b4-3+,6-5+,10-9+,12-11+,16-13+. The molecule has 12 nitrogen and oxygen atoms in total. The van der Waals surface area contributed by atoms with Crippen LogP contribution in [-0.4, -0.2) is 85.9 Å². The summed E-state index contributed by atoms with van der Waals surface area (Å²) in [5.74, 6) is -5.02. The van der Waals surface area contributed by atoms with Gasteiger partial charge in [0.15, 0.2) is 0 Å². The molecule has 13 heteroatoms. The molecule has 0 heterocycles. The number of hydrogen-bond acceptors (Lipinski definition) is 8. The molecular formula is C30H45N3O9S. The van der Waals surface area contributed by atoms with Crippen molar-refractivity contribution >= 4 is 41.5 Å². The molecule has 0 aliphatic rings. The number of aliphatic hydroxyl groups excluding tert-OH is 1. The van der Waals surface area contributed by atoms with Crippen molar-refractivity contribution in [3.63, 3.8) is 0 Å². The summed E-state index contributed by atoms with van der Waals surface area (Å²) in [4.78, 5) is 57.8. The molecule has 2 amide bonds. The molecule has 4 unspecified atom stereocenters. The van der Waals surface area contributed by atoms with E-state index in [0.29, 0.717) is 0 Å². The van der Waals surface area contributed by atoms with Gasteiger partial charge in [-0.15, -0.1) is 11.8 Å². The summed E-state index contributed by atoms with van der Waals surface area (Å²) in [7, 11) is 0. The molecule has 240 valence electrons. The van der Waals surface area contributed by atoms with E-state index in [9.17, 15) is 29.1 Å². The van der Waals surface area contributed by atoms with E-state index in [2.05, 4.69) is 29.7 Å². The van der Waals surface area contributed by atoms with Crippen LogP contribution in [-0.2, 0) is 24.0 Å². The number of amides is 2. The second-order valence-electron chi connectivity index (χ2n) is 9.41.